The van der Waals surface area contributed by atoms with Gasteiger partial charge >= 0.3 is 6.18 Å². The van der Waals surface area contributed by atoms with Crippen molar-refractivity contribution in [2.45, 2.75) is 50.9 Å². The molecule has 0 aliphatic heterocycles. The van der Waals surface area contributed by atoms with E-state index in [4.69, 9.17) is 5.73 Å². The second-order valence-electron chi connectivity index (χ2n) is 6.22. The number of nitrogens with two attached hydrogens (primary N) is 1. The van der Waals surface area contributed by atoms with Gasteiger partial charge in [-0.15, -0.1) is 12.4 Å². The summed E-state index contributed by atoms with van der Waals surface area (Å²) in [6, 6.07) is 4.81. The highest BCUT2D eigenvalue weighted by Gasteiger charge is 2.37. The van der Waals surface area contributed by atoms with Crippen molar-refractivity contribution in [3.05, 3.63) is 35.4 Å². The van der Waals surface area contributed by atoms with E-state index in [1.165, 1.54) is 12.1 Å². The van der Waals surface area contributed by atoms with Crippen LogP contribution in [0.4, 0.5) is 13.2 Å². The van der Waals surface area contributed by atoms with Gasteiger partial charge in [0.1, 0.15) is 0 Å². The minimum atomic E-state index is -4.34. The van der Waals surface area contributed by atoms with Crippen molar-refractivity contribution in [2.24, 2.45) is 11.7 Å². The standard InChI is InChI=1S/C16H21F3N2O.ClH/c1-15(20)9-3-2-4-13(15)14(22)21-10-11-5-7-12(8-6-11)16(17,18)19;/h5-8,13H,2-4,9-10,20H2,1H3,(H,21,22);1H. The molecular weight excluding hydrogens is 329 g/mol. The Morgan fingerprint density at radius 2 is 1.91 bits per heavy atom. The number of carbonyl (C=O) groups is 1. The Kier molecular flexibility index (Phi) is 6.48. The summed E-state index contributed by atoms with van der Waals surface area (Å²) in [5.41, 5.74) is 5.61. The average Bonchev–Trinajstić information content (AvgIpc) is 2.44. The molecule has 3 N–H and O–H groups in total. The zero-order valence-electron chi connectivity index (χ0n) is 13.0. The Bertz CT molecular complexity index is 529. The fourth-order valence-electron chi connectivity index (χ4n) is 2.91. The summed E-state index contributed by atoms with van der Waals surface area (Å²) in [5.74, 6) is -0.361. The van der Waals surface area contributed by atoms with E-state index >= 15 is 0 Å². The number of halogens is 4. The molecule has 0 spiro atoms. The summed E-state index contributed by atoms with van der Waals surface area (Å²) in [6.45, 7) is 2.10. The van der Waals surface area contributed by atoms with Crippen LogP contribution in [0.1, 0.15) is 43.7 Å². The van der Waals surface area contributed by atoms with Gasteiger partial charge in [-0.05, 0) is 37.5 Å². The molecule has 0 heterocycles. The highest BCUT2D eigenvalue weighted by atomic mass is 35.5. The van der Waals surface area contributed by atoms with Crippen LogP contribution in [0.25, 0.3) is 0 Å². The number of amides is 1. The lowest BCUT2D eigenvalue weighted by atomic mass is 9.74. The van der Waals surface area contributed by atoms with E-state index in [0.29, 0.717) is 5.56 Å². The number of nitrogens with one attached hydrogen (secondary N) is 1. The smallest absolute Gasteiger partial charge is 0.352 e. The molecule has 3 nitrogen and oxygen atoms in total. The highest BCUT2D eigenvalue weighted by Crippen LogP contribution is 2.32. The zero-order chi connectivity index (χ0) is 16.4. The largest absolute Gasteiger partial charge is 0.416 e. The predicted molar refractivity (Wildman–Crippen MR) is 85.1 cm³/mol. The summed E-state index contributed by atoms with van der Waals surface area (Å²) in [7, 11) is 0. The molecule has 0 bridgehead atoms. The van der Waals surface area contributed by atoms with Gasteiger partial charge in [-0.1, -0.05) is 25.0 Å². The lowest BCUT2D eigenvalue weighted by Crippen LogP contribution is -2.52. The molecule has 1 fully saturated rings. The van der Waals surface area contributed by atoms with Crippen LogP contribution in [0.15, 0.2) is 24.3 Å². The minimum absolute atomic E-state index is 0. The van der Waals surface area contributed by atoms with Crippen LogP contribution in [0.3, 0.4) is 0 Å². The van der Waals surface area contributed by atoms with E-state index in [1.807, 2.05) is 6.92 Å². The van der Waals surface area contributed by atoms with E-state index in [1.54, 1.807) is 0 Å². The molecule has 0 aromatic heterocycles. The molecule has 0 saturated heterocycles. The maximum atomic E-state index is 12.5. The molecule has 2 atom stereocenters. The normalized spacial score (nSPS) is 24.7. The van der Waals surface area contributed by atoms with E-state index in [0.717, 1.165) is 37.8 Å². The molecule has 2 unspecified atom stereocenters. The van der Waals surface area contributed by atoms with Gasteiger partial charge in [-0.25, -0.2) is 0 Å². The van der Waals surface area contributed by atoms with Crippen LogP contribution < -0.4 is 11.1 Å². The molecule has 7 heteroatoms. The number of carbonyl (C=O) groups excluding carboxylic acids is 1. The second kappa shape index (κ2) is 7.53. The quantitative estimate of drug-likeness (QED) is 0.874. The van der Waals surface area contributed by atoms with Crippen molar-refractivity contribution in [2.75, 3.05) is 0 Å². The first-order valence-corrected chi connectivity index (χ1v) is 7.43. The van der Waals surface area contributed by atoms with Crippen LogP contribution >= 0.6 is 12.4 Å². The molecule has 130 valence electrons. The monoisotopic (exact) mass is 350 g/mol. The number of hydrogen-bond acceptors (Lipinski definition) is 2. The zero-order valence-corrected chi connectivity index (χ0v) is 13.8. The summed E-state index contributed by atoms with van der Waals surface area (Å²) < 4.78 is 37.4. The predicted octanol–water partition coefficient (Wildman–Crippen LogP) is 3.65. The third-order valence-corrected chi connectivity index (χ3v) is 4.32. The van der Waals surface area contributed by atoms with E-state index in [-0.39, 0.29) is 30.8 Å². The van der Waals surface area contributed by atoms with Gasteiger partial charge in [-0.3, -0.25) is 4.79 Å². The molecule has 1 aromatic carbocycles. The topological polar surface area (TPSA) is 55.1 Å². The maximum absolute atomic E-state index is 12.5. The Morgan fingerprint density at radius 1 is 1.30 bits per heavy atom. The average molecular weight is 351 g/mol. The summed E-state index contributed by atoms with van der Waals surface area (Å²) in [4.78, 5) is 12.2. The van der Waals surface area contributed by atoms with Gasteiger partial charge < -0.3 is 11.1 Å². The van der Waals surface area contributed by atoms with Gasteiger partial charge in [0.2, 0.25) is 5.91 Å². The van der Waals surface area contributed by atoms with Crippen LogP contribution in [-0.4, -0.2) is 11.4 Å². The highest BCUT2D eigenvalue weighted by molar-refractivity contribution is 5.85. The van der Waals surface area contributed by atoms with Crippen molar-refractivity contribution >= 4 is 18.3 Å². The number of rotatable bonds is 3. The number of hydrogen-bond donors (Lipinski definition) is 2. The van der Waals surface area contributed by atoms with Crippen LogP contribution in [-0.2, 0) is 17.5 Å². The first-order chi connectivity index (χ1) is 10.2. The molecule has 1 aliphatic rings. The van der Waals surface area contributed by atoms with Gasteiger partial charge in [0.25, 0.3) is 0 Å². The third-order valence-electron chi connectivity index (χ3n) is 4.32. The van der Waals surface area contributed by atoms with Crippen molar-refractivity contribution < 1.29 is 18.0 Å². The summed E-state index contributed by atoms with van der Waals surface area (Å²) in [5, 5.41) is 2.78. The van der Waals surface area contributed by atoms with E-state index in [9.17, 15) is 18.0 Å². The van der Waals surface area contributed by atoms with Crippen molar-refractivity contribution in [1.29, 1.82) is 0 Å². The van der Waals surface area contributed by atoms with Gasteiger partial charge in [0.15, 0.2) is 0 Å². The van der Waals surface area contributed by atoms with E-state index < -0.39 is 17.3 Å². The number of alkyl halides is 3. The van der Waals surface area contributed by atoms with Crippen LogP contribution in [0, 0.1) is 5.92 Å². The molecule has 23 heavy (non-hydrogen) atoms. The number of benzene rings is 1. The molecule has 1 saturated carbocycles. The molecule has 2 rings (SSSR count). The van der Waals surface area contributed by atoms with Crippen molar-refractivity contribution in [1.82, 2.24) is 5.32 Å². The summed E-state index contributed by atoms with van der Waals surface area (Å²) >= 11 is 0. The molecule has 1 amide bonds. The Labute approximate surface area is 140 Å². The second-order valence-corrected chi connectivity index (χ2v) is 6.22. The first kappa shape index (κ1) is 19.8. The van der Waals surface area contributed by atoms with E-state index in [2.05, 4.69) is 5.32 Å². The maximum Gasteiger partial charge on any atom is 0.416 e. The lowest BCUT2D eigenvalue weighted by Gasteiger charge is -2.37. The Hall–Kier alpha value is -1.27. The minimum Gasteiger partial charge on any atom is -0.352 e. The molecule has 1 aromatic rings. The Morgan fingerprint density at radius 3 is 2.43 bits per heavy atom. The lowest BCUT2D eigenvalue weighted by molar-refractivity contribution is -0.137. The van der Waals surface area contributed by atoms with Gasteiger partial charge in [0.05, 0.1) is 11.5 Å². The van der Waals surface area contributed by atoms with Gasteiger partial charge in [-0.2, -0.15) is 13.2 Å². The molecule has 1 aliphatic carbocycles. The molecule has 0 radical (unpaired) electrons. The fourth-order valence-corrected chi connectivity index (χ4v) is 2.91. The fraction of sp³-hybridized carbons (Fsp3) is 0.562. The van der Waals surface area contributed by atoms with Crippen LogP contribution in [0.5, 0.6) is 0 Å². The summed E-state index contributed by atoms with van der Waals surface area (Å²) in [6.07, 6.45) is -0.775. The third kappa shape index (κ3) is 5.11. The van der Waals surface area contributed by atoms with Crippen molar-refractivity contribution in [3.63, 3.8) is 0 Å². The van der Waals surface area contributed by atoms with Crippen LogP contribution in [0.2, 0.25) is 0 Å². The Balaban J connectivity index is 0.00000264. The van der Waals surface area contributed by atoms with Crippen molar-refractivity contribution in [3.8, 4) is 0 Å². The first-order valence-electron chi connectivity index (χ1n) is 7.43. The molecular formula is C16H22ClF3N2O. The SMILES string of the molecule is CC1(N)CCCCC1C(=O)NCc1ccc(C(F)(F)F)cc1.Cl. The van der Waals surface area contributed by atoms with Gasteiger partial charge in [0, 0.05) is 12.1 Å².